The van der Waals surface area contributed by atoms with Crippen LogP contribution in [0.3, 0.4) is 0 Å². The number of aliphatic hydroxyl groups excluding tert-OH is 5. The number of nitrogens with two attached hydrogens (primary N) is 3. The molecule has 0 aliphatic heterocycles. The molecule has 0 spiro atoms. The van der Waals surface area contributed by atoms with Crippen LogP contribution in [0, 0.1) is 69.0 Å². The molecule has 16 atom stereocenters. The summed E-state index contributed by atoms with van der Waals surface area (Å²) in [6.07, 6.45) is 6.31. The number of amides is 5. The van der Waals surface area contributed by atoms with Crippen molar-refractivity contribution < 1.29 is 103 Å². The van der Waals surface area contributed by atoms with E-state index in [0.717, 1.165) is 12.2 Å². The molecule has 103 heavy (non-hydrogen) atoms. The maximum Gasteiger partial charge on any atom is 0.311 e. The Morgan fingerprint density at radius 2 is 0.864 bits per heavy atom. The zero-order valence-electron chi connectivity index (χ0n) is 66.5. The van der Waals surface area contributed by atoms with Crippen LogP contribution < -0.4 is 27.8 Å². The minimum Gasteiger partial charge on any atom is -0.481 e. The fourth-order valence-electron chi connectivity index (χ4n) is 8.82. The summed E-state index contributed by atoms with van der Waals surface area (Å²) in [6, 6.07) is 0. The lowest BCUT2D eigenvalue weighted by Gasteiger charge is -2.33. The van der Waals surface area contributed by atoms with Gasteiger partial charge in [0.05, 0.1) is 78.4 Å². The van der Waals surface area contributed by atoms with Gasteiger partial charge in [0, 0.05) is 41.7 Å². The van der Waals surface area contributed by atoms with Crippen LogP contribution in [0.1, 0.15) is 262 Å². The van der Waals surface area contributed by atoms with Crippen molar-refractivity contribution in [2.45, 2.75) is 299 Å². The summed E-state index contributed by atoms with van der Waals surface area (Å²) in [5.41, 5.74) is 12.6. The van der Waals surface area contributed by atoms with Crippen molar-refractivity contribution in [3.63, 3.8) is 0 Å². The normalized spacial score (nSPS) is 16.3. The van der Waals surface area contributed by atoms with Crippen molar-refractivity contribution in [2.24, 2.45) is 86.2 Å². The number of hydrogen-bond acceptors (Lipinski definition) is 21. The largest absolute Gasteiger partial charge is 0.481 e. The highest BCUT2D eigenvalue weighted by molar-refractivity contribution is 7.80. The number of esters is 3. The third-order valence-electron chi connectivity index (χ3n) is 17.9. The summed E-state index contributed by atoms with van der Waals surface area (Å²) >= 11 is 8.26. The first-order valence-corrected chi connectivity index (χ1v) is 37.9. The van der Waals surface area contributed by atoms with E-state index < -0.39 is 69.8 Å². The first-order chi connectivity index (χ1) is 46.9. The molecular formula is C75H149N5O21S2. The number of carbonyl (C=O) groups excluding carboxylic acids is 8. The van der Waals surface area contributed by atoms with Gasteiger partial charge in [0.15, 0.2) is 0 Å². The van der Waals surface area contributed by atoms with E-state index in [0.29, 0.717) is 121 Å². The second-order valence-corrected chi connectivity index (χ2v) is 30.1. The maximum atomic E-state index is 12.1. The van der Waals surface area contributed by atoms with Gasteiger partial charge in [0.25, 0.3) is 0 Å². The first-order valence-electron chi connectivity index (χ1n) is 36.6. The van der Waals surface area contributed by atoms with Crippen LogP contribution in [0.2, 0.25) is 0 Å². The number of aliphatic carboxylic acids is 2. The van der Waals surface area contributed by atoms with Gasteiger partial charge >= 0.3 is 29.8 Å². The summed E-state index contributed by atoms with van der Waals surface area (Å²) in [7, 11) is 0. The number of nitrogens with one attached hydrogen (secondary N) is 2. The van der Waals surface area contributed by atoms with Crippen LogP contribution in [0.4, 0.5) is 0 Å². The quantitative estimate of drug-likeness (QED) is 0.0153. The molecule has 612 valence electrons. The molecular weight excluding hydrogens is 1370 g/mol. The lowest BCUT2D eigenvalue weighted by atomic mass is 9.71. The topological polar surface area (TPSA) is 451 Å². The summed E-state index contributed by atoms with van der Waals surface area (Å²) in [6.45, 7) is 41.4. The van der Waals surface area contributed by atoms with Crippen molar-refractivity contribution in [2.75, 3.05) is 51.0 Å². The van der Waals surface area contributed by atoms with E-state index in [9.17, 15) is 78.6 Å². The van der Waals surface area contributed by atoms with E-state index in [1.165, 1.54) is 0 Å². The smallest absolute Gasteiger partial charge is 0.311 e. The van der Waals surface area contributed by atoms with E-state index in [1.807, 2.05) is 69.2 Å². The monoisotopic (exact) mass is 1520 g/mol. The predicted molar refractivity (Wildman–Crippen MR) is 412 cm³/mol. The fraction of sp³-hybridized carbons (Fsp3) is 0.867. The number of carboxylic acid groups (broad SMARTS) is 2. The minimum atomic E-state index is -0.952. The Kier molecular flexibility index (Phi) is 66.3. The van der Waals surface area contributed by atoms with Crippen LogP contribution in [-0.4, -0.2) is 183 Å². The van der Waals surface area contributed by atoms with Gasteiger partial charge in [-0.3, -0.25) is 47.9 Å². The number of carboxylic acids is 2. The number of ether oxygens (including phenoxy) is 4. The van der Waals surface area contributed by atoms with Gasteiger partial charge in [0.2, 0.25) is 29.5 Å². The number of aliphatic hydroxyl groups is 5. The SMILES string of the molecule is C.CC(CS)CNC(=O)C(C)CCC(C)C(N)=O.CC(CS)COC(=O)C(C)CCC(C)C(=O)O.CCC(O)CNC(=O)C(C)(C)CC(C)(CC)C(N)=O.CCC(O)COC(=O)C(C)(C)CC(C)(CC)C(=O)O.CCC(O)COC(=O)C(C)CC(CC)C(N)=O.CCC(O)COC(C)CC(O)CC. The number of primary amides is 3. The number of rotatable bonds is 47. The zero-order valence-corrected chi connectivity index (χ0v) is 68.3. The molecule has 0 aromatic rings. The summed E-state index contributed by atoms with van der Waals surface area (Å²) < 4.78 is 20.5. The van der Waals surface area contributed by atoms with Crippen LogP contribution in [0.15, 0.2) is 0 Å². The summed E-state index contributed by atoms with van der Waals surface area (Å²) in [5.74, 6) is -3.59. The lowest BCUT2D eigenvalue weighted by Crippen LogP contribution is -2.45. The van der Waals surface area contributed by atoms with Crippen LogP contribution >= 0.6 is 25.3 Å². The Labute approximate surface area is 631 Å². The van der Waals surface area contributed by atoms with Gasteiger partial charge in [-0.15, -0.1) is 0 Å². The molecule has 16 unspecified atom stereocenters. The van der Waals surface area contributed by atoms with Crippen LogP contribution in [-0.2, 0) is 66.9 Å². The predicted octanol–water partition coefficient (Wildman–Crippen LogP) is 9.65. The van der Waals surface area contributed by atoms with Gasteiger partial charge in [-0.2, -0.15) is 25.3 Å². The maximum absolute atomic E-state index is 12.1. The van der Waals surface area contributed by atoms with Crippen molar-refractivity contribution in [3.8, 4) is 0 Å². The Morgan fingerprint density at radius 1 is 0.447 bits per heavy atom. The zero-order chi connectivity index (χ0) is 81.1. The van der Waals surface area contributed by atoms with Crippen LogP contribution in [0.25, 0.3) is 0 Å². The van der Waals surface area contributed by atoms with Gasteiger partial charge in [-0.1, -0.05) is 132 Å². The van der Waals surface area contributed by atoms with Crippen LogP contribution in [0.5, 0.6) is 0 Å². The van der Waals surface area contributed by atoms with Gasteiger partial charge in [0.1, 0.15) is 13.2 Å². The average Bonchev–Trinajstić information content (AvgIpc) is 0.829. The molecule has 0 bridgehead atoms. The van der Waals surface area contributed by atoms with Crippen molar-refractivity contribution in [1.82, 2.24) is 10.6 Å². The lowest BCUT2D eigenvalue weighted by molar-refractivity contribution is -0.162. The highest BCUT2D eigenvalue weighted by Gasteiger charge is 2.43. The highest BCUT2D eigenvalue weighted by atomic mass is 32.1. The number of carbonyl (C=O) groups is 10. The van der Waals surface area contributed by atoms with E-state index in [2.05, 4.69) is 35.9 Å². The Balaban J connectivity index is -0.000000215. The summed E-state index contributed by atoms with van der Waals surface area (Å²) in [4.78, 5) is 114. The second-order valence-electron chi connectivity index (χ2n) is 29.3. The molecule has 28 heteroatoms. The molecule has 0 aromatic heterocycles. The Hall–Kier alpha value is -4.84. The average molecular weight is 1520 g/mol. The highest BCUT2D eigenvalue weighted by Crippen LogP contribution is 2.38. The molecule has 0 rings (SSSR count). The van der Waals surface area contributed by atoms with E-state index >= 15 is 0 Å². The number of hydrogen-bond donors (Lipinski definition) is 14. The Bertz CT molecular complexity index is 2220. The first kappa shape index (κ1) is 112. The third kappa shape index (κ3) is 56.2. The van der Waals surface area contributed by atoms with Gasteiger partial charge < -0.3 is 82.5 Å². The number of thiol groups is 2. The molecule has 5 amide bonds. The molecule has 0 saturated heterocycles. The van der Waals surface area contributed by atoms with Crippen molar-refractivity contribution in [1.29, 1.82) is 0 Å². The molecule has 26 nitrogen and oxygen atoms in total. The molecule has 0 fully saturated rings. The third-order valence-corrected chi connectivity index (χ3v) is 19.1. The van der Waals surface area contributed by atoms with Gasteiger partial charge in [-0.05, 0) is 154 Å². The molecule has 0 heterocycles. The van der Waals surface area contributed by atoms with E-state index in [1.54, 1.807) is 83.1 Å². The Morgan fingerprint density at radius 3 is 1.27 bits per heavy atom. The van der Waals surface area contributed by atoms with Crippen molar-refractivity contribution in [3.05, 3.63) is 0 Å². The molecule has 0 aliphatic rings. The summed E-state index contributed by atoms with van der Waals surface area (Å²) in [5, 5.41) is 70.2. The van der Waals surface area contributed by atoms with Gasteiger partial charge in [-0.25, -0.2) is 0 Å². The molecule has 0 radical (unpaired) electrons. The van der Waals surface area contributed by atoms with E-state index in [-0.39, 0.29) is 123 Å². The molecule has 0 aromatic carbocycles. The standard InChI is InChI=1S/C14H28N2O3.C14H26O5.C12H24N2O2S.C12H23NO4.C12H22O4S.C10H22O3.CH4/c1-6-10(17)8-16-12(19)13(3,4)9-14(5,7-2)11(15)18;1-6-10(15)8-19-12(18)13(3,4)9-14(5,7-2)11(16)17;1-8(7-17)6-14-12(16)10(3)5-4-9(2)11(13)15;1-4-9(11(13)15)6-8(3)12(16)17-7-10(14)5-2;1-8(7-17)6-16-12(15)10(3)5-4-9(2)11(13)14;1-4-9(11)6-8(3)13-7-10(12)5-2;/h10,17H,6-9H2,1-5H3,(H2,15,18)(H,16,19);10,15H,6-9H2,1-5H3,(H,16,17);8-10,17H,4-7H2,1-3H3,(H2,13,15)(H,14,16);8-10,14H,4-7H2,1-3H3,(H2,13,15);8-10,17H,4-7H2,1-3H3,(H,13,14);8-12H,4-7H2,1-3H3;1H4. The molecule has 0 aliphatic carbocycles. The van der Waals surface area contributed by atoms with E-state index in [4.69, 9.17) is 41.3 Å². The minimum absolute atomic E-state index is 0. The molecule has 0 saturated carbocycles. The second kappa shape index (κ2) is 61.2. The fourth-order valence-corrected chi connectivity index (χ4v) is 9.06. The molecule has 15 N–H and O–H groups in total. The van der Waals surface area contributed by atoms with Crippen molar-refractivity contribution >= 4 is 84.6 Å².